The first-order valence-corrected chi connectivity index (χ1v) is 8.09. The molecule has 1 aliphatic rings. The van der Waals surface area contributed by atoms with Crippen molar-refractivity contribution in [2.45, 2.75) is 19.3 Å². The third-order valence-corrected chi connectivity index (χ3v) is 3.80. The number of hydrogen-bond donors (Lipinski definition) is 2. The lowest BCUT2D eigenvalue weighted by molar-refractivity contribution is -0.115. The average molecular weight is 319 g/mol. The molecule has 0 aliphatic carbocycles. The number of nitrogens with one attached hydrogen (secondary N) is 2. The molecule has 0 bridgehead atoms. The molecule has 1 heterocycles. The van der Waals surface area contributed by atoms with Crippen LogP contribution >= 0.6 is 0 Å². The highest BCUT2D eigenvalue weighted by molar-refractivity contribution is 5.96. The van der Waals surface area contributed by atoms with Gasteiger partial charge in [0, 0.05) is 38.1 Å². The molecular weight excluding hydrogens is 294 g/mol. The van der Waals surface area contributed by atoms with E-state index in [2.05, 4.69) is 10.6 Å². The summed E-state index contributed by atoms with van der Waals surface area (Å²) in [4.78, 5) is 25.9. The normalized spacial score (nSPS) is 14.0. The fraction of sp³-hybridized carbons (Fsp3) is 0.529. The van der Waals surface area contributed by atoms with Crippen molar-refractivity contribution in [2.24, 2.45) is 0 Å². The molecule has 1 aliphatic heterocycles. The van der Waals surface area contributed by atoms with E-state index in [1.165, 1.54) is 0 Å². The van der Waals surface area contributed by atoms with Gasteiger partial charge in [0.1, 0.15) is 0 Å². The highest BCUT2D eigenvalue weighted by Gasteiger charge is 2.19. The first kappa shape index (κ1) is 17.4. The predicted octanol–water partition coefficient (Wildman–Crippen LogP) is 1.49. The number of hydrogen-bond acceptors (Lipinski definition) is 4. The summed E-state index contributed by atoms with van der Waals surface area (Å²) in [7, 11) is 1.66. The first-order chi connectivity index (χ1) is 11.2. The van der Waals surface area contributed by atoms with Crippen LogP contribution in [0.2, 0.25) is 0 Å². The van der Waals surface area contributed by atoms with Gasteiger partial charge >= 0.3 is 0 Å². The van der Waals surface area contributed by atoms with Crippen LogP contribution in [0.4, 0.5) is 5.69 Å². The Morgan fingerprint density at radius 1 is 1.17 bits per heavy atom. The van der Waals surface area contributed by atoms with Crippen molar-refractivity contribution in [3.63, 3.8) is 0 Å². The molecule has 2 N–H and O–H groups in total. The van der Waals surface area contributed by atoms with E-state index in [0.29, 0.717) is 17.9 Å². The van der Waals surface area contributed by atoms with Gasteiger partial charge in [0.15, 0.2) is 0 Å². The summed E-state index contributed by atoms with van der Waals surface area (Å²) in [6, 6.07) is 7.07. The van der Waals surface area contributed by atoms with Crippen LogP contribution in [0.1, 0.15) is 29.6 Å². The summed E-state index contributed by atoms with van der Waals surface area (Å²) < 4.78 is 4.94. The number of carbonyl (C=O) groups is 2. The summed E-state index contributed by atoms with van der Waals surface area (Å²) in [5, 5.41) is 5.87. The number of methoxy groups -OCH3 is 1. The van der Waals surface area contributed by atoms with Gasteiger partial charge in [0.2, 0.25) is 5.91 Å². The van der Waals surface area contributed by atoms with Crippen LogP contribution in [0.25, 0.3) is 0 Å². The monoisotopic (exact) mass is 319 g/mol. The van der Waals surface area contributed by atoms with Gasteiger partial charge in [0.05, 0.1) is 6.54 Å². The van der Waals surface area contributed by atoms with Gasteiger partial charge in [-0.05, 0) is 50.1 Å². The summed E-state index contributed by atoms with van der Waals surface area (Å²) in [5.74, 6) is -0.0266. The zero-order valence-corrected chi connectivity index (χ0v) is 13.6. The number of rotatable bonds is 8. The number of likely N-dealkylation sites (tertiary alicyclic amines) is 1. The zero-order valence-electron chi connectivity index (χ0n) is 13.6. The van der Waals surface area contributed by atoms with Crippen LogP contribution in [0.3, 0.4) is 0 Å². The molecule has 2 amide bonds. The molecule has 1 aromatic rings. The zero-order chi connectivity index (χ0) is 16.5. The molecule has 0 saturated carbocycles. The quantitative estimate of drug-likeness (QED) is 0.712. The molecule has 6 nitrogen and oxygen atoms in total. The van der Waals surface area contributed by atoms with Crippen LogP contribution < -0.4 is 10.6 Å². The minimum Gasteiger partial charge on any atom is -0.385 e. The van der Waals surface area contributed by atoms with Crippen LogP contribution in [0.15, 0.2) is 24.3 Å². The Bertz CT molecular complexity index is 510. The molecule has 1 aromatic carbocycles. The molecule has 0 aromatic heterocycles. The van der Waals surface area contributed by atoms with Crippen molar-refractivity contribution in [1.82, 2.24) is 10.2 Å². The number of amides is 2. The Kier molecular flexibility index (Phi) is 7.03. The molecular formula is C17H25N3O3. The van der Waals surface area contributed by atoms with Gasteiger partial charge in [-0.15, -0.1) is 0 Å². The molecule has 0 atom stereocenters. The third-order valence-electron chi connectivity index (χ3n) is 3.80. The van der Waals surface area contributed by atoms with Crippen LogP contribution in [-0.4, -0.2) is 56.6 Å². The number of nitrogens with zero attached hydrogens (tertiary/aromatic N) is 1. The van der Waals surface area contributed by atoms with E-state index in [-0.39, 0.29) is 18.4 Å². The van der Waals surface area contributed by atoms with Crippen LogP contribution in [0.5, 0.6) is 0 Å². The highest BCUT2D eigenvalue weighted by atomic mass is 16.5. The van der Waals surface area contributed by atoms with Crippen molar-refractivity contribution in [3.8, 4) is 0 Å². The van der Waals surface area contributed by atoms with Crippen molar-refractivity contribution in [3.05, 3.63) is 29.8 Å². The topological polar surface area (TPSA) is 70.7 Å². The standard InChI is InChI=1S/C17H25N3O3/c1-23-12-4-9-18-13-16(21)19-15-7-5-14(6-8-15)17(22)20-10-2-3-11-20/h5-8,18H,2-4,9-13H2,1H3,(H,19,21). The molecule has 2 rings (SSSR count). The van der Waals surface area contributed by atoms with Gasteiger partial charge in [-0.25, -0.2) is 0 Å². The molecule has 1 saturated heterocycles. The second-order valence-corrected chi connectivity index (χ2v) is 5.65. The van der Waals surface area contributed by atoms with Gasteiger partial charge < -0.3 is 20.3 Å². The van der Waals surface area contributed by atoms with Crippen molar-refractivity contribution < 1.29 is 14.3 Å². The third kappa shape index (κ3) is 5.65. The average Bonchev–Trinajstić information content (AvgIpc) is 3.09. The van der Waals surface area contributed by atoms with Crippen LogP contribution in [0, 0.1) is 0 Å². The molecule has 0 radical (unpaired) electrons. The van der Waals surface area contributed by atoms with E-state index in [0.717, 1.165) is 38.9 Å². The molecule has 1 fully saturated rings. The molecule has 23 heavy (non-hydrogen) atoms. The Balaban J connectivity index is 1.75. The highest BCUT2D eigenvalue weighted by Crippen LogP contribution is 2.15. The van der Waals surface area contributed by atoms with Crippen molar-refractivity contribution in [2.75, 3.05) is 45.2 Å². The van der Waals surface area contributed by atoms with E-state index in [1.54, 1.807) is 31.4 Å². The van der Waals surface area contributed by atoms with E-state index in [1.807, 2.05) is 4.90 Å². The van der Waals surface area contributed by atoms with Crippen molar-refractivity contribution in [1.29, 1.82) is 0 Å². The fourth-order valence-electron chi connectivity index (χ4n) is 2.55. The number of carbonyl (C=O) groups excluding carboxylic acids is 2. The second kappa shape index (κ2) is 9.27. The summed E-state index contributed by atoms with van der Waals surface area (Å²) >= 11 is 0. The Hall–Kier alpha value is -1.92. The molecule has 0 unspecified atom stereocenters. The lowest BCUT2D eigenvalue weighted by atomic mass is 10.2. The number of ether oxygens (including phenoxy) is 1. The van der Waals surface area contributed by atoms with E-state index < -0.39 is 0 Å². The summed E-state index contributed by atoms with van der Waals surface area (Å²) in [6.07, 6.45) is 3.03. The van der Waals surface area contributed by atoms with E-state index in [4.69, 9.17) is 4.74 Å². The minimum absolute atomic E-state index is 0.0696. The molecule has 6 heteroatoms. The van der Waals surface area contributed by atoms with Gasteiger partial charge in [-0.3, -0.25) is 9.59 Å². The number of anilines is 1. The lowest BCUT2D eigenvalue weighted by Gasteiger charge is -2.15. The second-order valence-electron chi connectivity index (χ2n) is 5.65. The summed E-state index contributed by atoms with van der Waals surface area (Å²) in [6.45, 7) is 3.36. The summed E-state index contributed by atoms with van der Waals surface area (Å²) in [5.41, 5.74) is 1.37. The van der Waals surface area contributed by atoms with Gasteiger partial charge in [-0.1, -0.05) is 0 Å². The van der Waals surface area contributed by atoms with Crippen molar-refractivity contribution >= 4 is 17.5 Å². The minimum atomic E-state index is -0.0963. The van der Waals surface area contributed by atoms with Crippen LogP contribution in [-0.2, 0) is 9.53 Å². The fourth-order valence-corrected chi connectivity index (χ4v) is 2.55. The maximum Gasteiger partial charge on any atom is 0.253 e. The largest absolute Gasteiger partial charge is 0.385 e. The smallest absolute Gasteiger partial charge is 0.253 e. The first-order valence-electron chi connectivity index (χ1n) is 8.09. The SMILES string of the molecule is COCCCNCC(=O)Nc1ccc(C(=O)N2CCCC2)cc1. The van der Waals surface area contributed by atoms with Gasteiger partial charge in [-0.2, -0.15) is 0 Å². The lowest BCUT2D eigenvalue weighted by Crippen LogP contribution is -2.29. The maximum absolute atomic E-state index is 12.2. The van der Waals surface area contributed by atoms with Gasteiger partial charge in [0.25, 0.3) is 5.91 Å². The Morgan fingerprint density at radius 3 is 2.52 bits per heavy atom. The number of benzene rings is 1. The molecule has 0 spiro atoms. The Morgan fingerprint density at radius 2 is 1.87 bits per heavy atom. The maximum atomic E-state index is 12.2. The van der Waals surface area contributed by atoms with E-state index in [9.17, 15) is 9.59 Å². The predicted molar refractivity (Wildman–Crippen MR) is 89.6 cm³/mol. The molecule has 126 valence electrons. The van der Waals surface area contributed by atoms with E-state index >= 15 is 0 Å². The Labute approximate surface area is 137 Å².